The number of ketones is 1. The molecule has 4 aliphatic rings. The van der Waals surface area contributed by atoms with Gasteiger partial charge in [0, 0.05) is 24.3 Å². The zero-order valence-electron chi connectivity index (χ0n) is 12.7. The lowest BCUT2D eigenvalue weighted by atomic mass is 9.50. The second-order valence-electron chi connectivity index (χ2n) is 6.42. The summed E-state index contributed by atoms with van der Waals surface area (Å²) in [4.78, 5) is 25.0. The summed E-state index contributed by atoms with van der Waals surface area (Å²) >= 11 is 0. The highest BCUT2D eigenvalue weighted by atomic mass is 16.6. The van der Waals surface area contributed by atoms with Gasteiger partial charge in [-0.3, -0.25) is 4.79 Å². The molecular formula is C17H18O5. The first kappa shape index (κ1) is 13.6. The minimum Gasteiger partial charge on any atom is -0.496 e. The Hall–Kier alpha value is -2.04. The van der Waals surface area contributed by atoms with Crippen LogP contribution in [-0.2, 0) is 19.7 Å². The van der Waals surface area contributed by atoms with Crippen LogP contribution in [0.2, 0.25) is 0 Å². The van der Waals surface area contributed by atoms with Gasteiger partial charge in [0.05, 0.1) is 19.6 Å². The first-order valence-electron chi connectivity index (χ1n) is 7.55. The van der Waals surface area contributed by atoms with Crippen LogP contribution in [0.1, 0.15) is 31.2 Å². The molecule has 1 aromatic carbocycles. The molecule has 0 aromatic heterocycles. The van der Waals surface area contributed by atoms with E-state index in [4.69, 9.17) is 14.2 Å². The largest absolute Gasteiger partial charge is 0.496 e. The van der Waals surface area contributed by atoms with Gasteiger partial charge in [-0.05, 0) is 25.0 Å². The molecule has 1 spiro atoms. The van der Waals surface area contributed by atoms with Gasteiger partial charge in [0.25, 0.3) is 0 Å². The Bertz CT molecular complexity index is 682. The summed E-state index contributed by atoms with van der Waals surface area (Å²) in [5.74, 6) is 1.04. The smallest absolute Gasteiger partial charge is 0.351 e. The van der Waals surface area contributed by atoms with Crippen molar-refractivity contribution in [1.82, 2.24) is 0 Å². The highest BCUT2D eigenvalue weighted by molar-refractivity contribution is 5.94. The van der Waals surface area contributed by atoms with Crippen molar-refractivity contribution >= 4 is 11.8 Å². The normalized spacial score (nSPS) is 34.6. The van der Waals surface area contributed by atoms with E-state index in [0.29, 0.717) is 24.3 Å². The van der Waals surface area contributed by atoms with Crippen molar-refractivity contribution in [3.63, 3.8) is 0 Å². The average Bonchev–Trinajstić information content (AvgIpc) is 2.84. The van der Waals surface area contributed by atoms with E-state index in [-0.39, 0.29) is 17.7 Å². The van der Waals surface area contributed by atoms with Crippen molar-refractivity contribution < 1.29 is 23.8 Å². The van der Waals surface area contributed by atoms with Crippen molar-refractivity contribution in [3.05, 3.63) is 23.8 Å². The number of hydrogen-bond acceptors (Lipinski definition) is 5. The Morgan fingerprint density at radius 2 is 2.18 bits per heavy atom. The Morgan fingerprint density at radius 1 is 1.36 bits per heavy atom. The predicted molar refractivity (Wildman–Crippen MR) is 77.0 cm³/mol. The molecule has 0 radical (unpaired) electrons. The molecule has 0 amide bonds. The topological polar surface area (TPSA) is 61.8 Å². The lowest BCUT2D eigenvalue weighted by Crippen LogP contribution is -2.66. The van der Waals surface area contributed by atoms with Gasteiger partial charge in [-0.2, -0.15) is 0 Å². The molecule has 0 unspecified atom stereocenters. The Balaban J connectivity index is 1.99. The third kappa shape index (κ3) is 1.35. The summed E-state index contributed by atoms with van der Waals surface area (Å²) in [7, 11) is 2.97. The fourth-order valence-electron chi connectivity index (χ4n) is 4.68. The second kappa shape index (κ2) is 4.24. The van der Waals surface area contributed by atoms with E-state index in [0.717, 1.165) is 18.4 Å². The number of benzene rings is 1. The first-order chi connectivity index (χ1) is 10.6. The summed E-state index contributed by atoms with van der Waals surface area (Å²) in [6.07, 6.45) is 2.25. The first-order valence-corrected chi connectivity index (χ1v) is 7.55. The van der Waals surface area contributed by atoms with Gasteiger partial charge < -0.3 is 14.2 Å². The lowest BCUT2D eigenvalue weighted by Gasteiger charge is -2.52. The van der Waals surface area contributed by atoms with Gasteiger partial charge in [-0.1, -0.05) is 6.07 Å². The monoisotopic (exact) mass is 302 g/mol. The summed E-state index contributed by atoms with van der Waals surface area (Å²) in [6, 6.07) is 5.54. The molecule has 3 saturated carbocycles. The van der Waals surface area contributed by atoms with Gasteiger partial charge in [-0.15, -0.1) is 0 Å². The van der Waals surface area contributed by atoms with Crippen LogP contribution in [0.3, 0.4) is 0 Å². The van der Waals surface area contributed by atoms with Crippen molar-refractivity contribution in [2.24, 2.45) is 5.92 Å². The lowest BCUT2D eigenvalue weighted by molar-refractivity contribution is -0.177. The van der Waals surface area contributed by atoms with Crippen LogP contribution in [0.25, 0.3) is 0 Å². The Morgan fingerprint density at radius 3 is 2.86 bits per heavy atom. The number of esters is 1. The van der Waals surface area contributed by atoms with E-state index < -0.39 is 11.0 Å². The third-order valence-electron chi connectivity index (χ3n) is 5.64. The highest BCUT2D eigenvalue weighted by Crippen LogP contribution is 2.65. The van der Waals surface area contributed by atoms with Gasteiger partial charge >= 0.3 is 5.97 Å². The molecule has 3 atom stereocenters. The van der Waals surface area contributed by atoms with E-state index >= 15 is 0 Å². The fourth-order valence-corrected chi connectivity index (χ4v) is 4.68. The summed E-state index contributed by atoms with van der Waals surface area (Å²) < 4.78 is 16.7. The minimum atomic E-state index is -1.09. The fraction of sp³-hybridized carbons (Fsp3) is 0.529. The number of carbonyl (C=O) groups excluding carboxylic acids is 2. The molecule has 1 aliphatic heterocycles. The van der Waals surface area contributed by atoms with Gasteiger partial charge in [-0.25, -0.2) is 4.79 Å². The zero-order chi connectivity index (χ0) is 15.5. The molecule has 5 nitrogen and oxygen atoms in total. The molecule has 5 heteroatoms. The maximum Gasteiger partial charge on any atom is 0.351 e. The number of hydrogen-bond donors (Lipinski definition) is 0. The standard InChI is InChI=1S/C17H18O5/c1-20-12-4-3-5-13-14(12)16-7-6-10(11(18)9-16)8-17(16,22-13)15(19)21-2/h3-5,10H,6-9H2,1-2H3/t10-,16-,17-/m1/s1. The van der Waals surface area contributed by atoms with Crippen LogP contribution in [0, 0.1) is 5.92 Å². The van der Waals surface area contributed by atoms with Crippen molar-refractivity contribution in [1.29, 1.82) is 0 Å². The van der Waals surface area contributed by atoms with E-state index in [9.17, 15) is 9.59 Å². The maximum absolute atomic E-state index is 12.6. The zero-order valence-corrected chi connectivity index (χ0v) is 12.7. The molecule has 5 rings (SSSR count). The van der Waals surface area contributed by atoms with Gasteiger partial charge in [0.15, 0.2) is 0 Å². The van der Waals surface area contributed by atoms with E-state index in [1.165, 1.54) is 7.11 Å². The Kier molecular flexibility index (Phi) is 2.63. The second-order valence-corrected chi connectivity index (χ2v) is 6.42. The minimum absolute atomic E-state index is 0.110. The number of fused-ring (bicyclic) bond motifs is 3. The summed E-state index contributed by atoms with van der Waals surface area (Å²) in [5.41, 5.74) is -0.891. The number of Topliss-reactive ketones (excluding diaryl/α,β-unsaturated/α-hetero) is 1. The van der Waals surface area contributed by atoms with Crippen molar-refractivity contribution in [2.45, 2.75) is 36.7 Å². The highest BCUT2D eigenvalue weighted by Gasteiger charge is 2.72. The maximum atomic E-state index is 12.6. The summed E-state index contributed by atoms with van der Waals surface area (Å²) in [6.45, 7) is 0. The van der Waals surface area contributed by atoms with Crippen LogP contribution in [0.4, 0.5) is 0 Å². The molecule has 2 bridgehead atoms. The molecular weight excluding hydrogens is 284 g/mol. The van der Waals surface area contributed by atoms with Crippen molar-refractivity contribution in [3.8, 4) is 11.5 Å². The molecule has 1 heterocycles. The van der Waals surface area contributed by atoms with Crippen LogP contribution >= 0.6 is 0 Å². The number of carbonyl (C=O) groups is 2. The molecule has 116 valence electrons. The van der Waals surface area contributed by atoms with Gasteiger partial charge in [0.1, 0.15) is 17.3 Å². The number of rotatable bonds is 2. The molecule has 0 saturated heterocycles. The van der Waals surface area contributed by atoms with Crippen LogP contribution in [0.15, 0.2) is 18.2 Å². The van der Waals surface area contributed by atoms with Gasteiger partial charge in [0.2, 0.25) is 5.60 Å². The average molecular weight is 302 g/mol. The molecule has 3 aliphatic carbocycles. The molecule has 0 N–H and O–H groups in total. The number of methoxy groups -OCH3 is 2. The third-order valence-corrected chi connectivity index (χ3v) is 5.64. The van der Waals surface area contributed by atoms with Crippen molar-refractivity contribution in [2.75, 3.05) is 14.2 Å². The Labute approximate surface area is 128 Å². The summed E-state index contributed by atoms with van der Waals surface area (Å²) in [5, 5.41) is 0. The predicted octanol–water partition coefficient (Wildman–Crippen LogP) is 2.01. The molecule has 22 heavy (non-hydrogen) atoms. The quantitative estimate of drug-likeness (QED) is 0.782. The molecule has 1 aromatic rings. The van der Waals surface area contributed by atoms with Crippen LogP contribution in [-0.4, -0.2) is 31.6 Å². The van der Waals surface area contributed by atoms with Crippen LogP contribution < -0.4 is 9.47 Å². The van der Waals surface area contributed by atoms with E-state index in [1.807, 2.05) is 18.2 Å². The van der Waals surface area contributed by atoms with Crippen LogP contribution in [0.5, 0.6) is 11.5 Å². The molecule has 3 fully saturated rings. The number of ether oxygens (including phenoxy) is 3. The van der Waals surface area contributed by atoms with E-state index in [2.05, 4.69) is 0 Å². The SMILES string of the molecule is COC(=O)[C@]12C[C@H]3CC[C@@]1(CC3=O)c1c(OC)cccc1O2. The van der Waals surface area contributed by atoms with E-state index in [1.54, 1.807) is 7.11 Å².